The van der Waals surface area contributed by atoms with Crippen LogP contribution in [0.4, 0.5) is 0 Å². The zero-order valence-corrected chi connectivity index (χ0v) is 15.9. The van der Waals surface area contributed by atoms with Crippen LogP contribution >= 0.6 is 11.3 Å². The summed E-state index contributed by atoms with van der Waals surface area (Å²) >= 11 is 1.64. The third-order valence-electron chi connectivity index (χ3n) is 4.54. The lowest BCUT2D eigenvalue weighted by molar-refractivity contribution is 0.315. The van der Waals surface area contributed by atoms with Crippen LogP contribution in [-0.2, 0) is 22.2 Å². The lowest BCUT2D eigenvalue weighted by atomic mass is 10.0. The highest BCUT2D eigenvalue weighted by Crippen LogP contribution is 2.31. The summed E-state index contributed by atoms with van der Waals surface area (Å²) < 4.78 is 27.3. The number of thiazole rings is 1. The van der Waals surface area contributed by atoms with E-state index in [1.165, 1.54) is 5.56 Å². The number of aryl methyl sites for hydroxylation is 2. The molecule has 0 amide bonds. The lowest BCUT2D eigenvalue weighted by Crippen LogP contribution is -2.39. The van der Waals surface area contributed by atoms with Crippen LogP contribution in [0.1, 0.15) is 47.5 Å². The third kappa shape index (κ3) is 4.05. The van der Waals surface area contributed by atoms with Gasteiger partial charge in [0, 0.05) is 30.1 Å². The van der Waals surface area contributed by atoms with Gasteiger partial charge in [-0.1, -0.05) is 31.2 Å². The number of piperidine rings is 1. The van der Waals surface area contributed by atoms with Gasteiger partial charge in [-0.05, 0) is 37.3 Å². The van der Waals surface area contributed by atoms with Crippen molar-refractivity contribution >= 4 is 21.4 Å². The molecule has 2 heterocycles. The Morgan fingerprint density at radius 1 is 1.25 bits per heavy atom. The smallest absolute Gasteiger partial charge is 0.218 e. The zero-order chi connectivity index (χ0) is 17.2. The molecular formula is C18H24N2O2S2. The molecule has 0 spiro atoms. The first kappa shape index (κ1) is 17.6. The number of hydrogen-bond donors (Lipinski definition) is 0. The molecule has 1 fully saturated rings. The van der Waals surface area contributed by atoms with E-state index in [4.69, 9.17) is 0 Å². The van der Waals surface area contributed by atoms with Gasteiger partial charge in [0.2, 0.25) is 10.0 Å². The lowest BCUT2D eigenvalue weighted by Gasteiger charge is -2.31. The van der Waals surface area contributed by atoms with Crippen molar-refractivity contribution in [2.75, 3.05) is 13.1 Å². The second kappa shape index (κ2) is 7.33. The van der Waals surface area contributed by atoms with Gasteiger partial charge < -0.3 is 0 Å². The second-order valence-corrected chi connectivity index (χ2v) is 9.31. The molecule has 0 saturated carbocycles. The predicted octanol–water partition coefficient (Wildman–Crippen LogP) is 3.72. The number of hydrogen-bond acceptors (Lipinski definition) is 4. The number of benzene rings is 1. The maximum absolute atomic E-state index is 12.8. The first-order chi connectivity index (χ1) is 11.5. The molecule has 130 valence electrons. The Labute approximate surface area is 148 Å². The highest BCUT2D eigenvalue weighted by Gasteiger charge is 2.30. The van der Waals surface area contributed by atoms with Gasteiger partial charge in [-0.3, -0.25) is 0 Å². The summed E-state index contributed by atoms with van der Waals surface area (Å²) in [4.78, 5) is 4.55. The molecule has 24 heavy (non-hydrogen) atoms. The molecule has 1 aliphatic rings. The average molecular weight is 365 g/mol. The monoisotopic (exact) mass is 364 g/mol. The predicted molar refractivity (Wildman–Crippen MR) is 98.8 cm³/mol. The zero-order valence-electron chi connectivity index (χ0n) is 14.2. The van der Waals surface area contributed by atoms with Gasteiger partial charge in [-0.2, -0.15) is 0 Å². The SMILES string of the molecule is CCc1ccc(CS(=O)(=O)N2CCCC(c3nc(C)cs3)C2)cc1. The van der Waals surface area contributed by atoms with E-state index in [1.807, 2.05) is 36.6 Å². The Hall–Kier alpha value is -1.24. The van der Waals surface area contributed by atoms with Crippen molar-refractivity contribution in [1.29, 1.82) is 0 Å². The molecule has 4 nitrogen and oxygen atoms in total. The van der Waals surface area contributed by atoms with Gasteiger partial charge in [-0.15, -0.1) is 11.3 Å². The largest absolute Gasteiger partial charge is 0.246 e. The Morgan fingerprint density at radius 3 is 2.58 bits per heavy atom. The second-order valence-electron chi connectivity index (χ2n) is 6.45. The molecular weight excluding hydrogens is 340 g/mol. The van der Waals surface area contributed by atoms with Gasteiger partial charge in [0.25, 0.3) is 0 Å². The summed E-state index contributed by atoms with van der Waals surface area (Å²) in [5.41, 5.74) is 3.11. The minimum Gasteiger partial charge on any atom is -0.246 e. The van der Waals surface area contributed by atoms with Crippen molar-refractivity contribution in [2.45, 2.75) is 44.8 Å². The molecule has 3 rings (SSSR count). The van der Waals surface area contributed by atoms with Crippen molar-refractivity contribution in [2.24, 2.45) is 0 Å². The van der Waals surface area contributed by atoms with E-state index in [0.717, 1.165) is 35.5 Å². The third-order valence-corrected chi connectivity index (χ3v) is 7.49. The van der Waals surface area contributed by atoms with Crippen LogP contribution in [0.25, 0.3) is 0 Å². The van der Waals surface area contributed by atoms with E-state index in [2.05, 4.69) is 11.9 Å². The Kier molecular flexibility index (Phi) is 5.37. The van der Waals surface area contributed by atoms with Crippen LogP contribution in [0, 0.1) is 6.92 Å². The maximum atomic E-state index is 12.8. The minimum atomic E-state index is -3.28. The van der Waals surface area contributed by atoms with E-state index in [0.29, 0.717) is 13.1 Å². The van der Waals surface area contributed by atoms with E-state index >= 15 is 0 Å². The van der Waals surface area contributed by atoms with Crippen LogP contribution in [-0.4, -0.2) is 30.8 Å². The van der Waals surface area contributed by atoms with Crippen LogP contribution in [0.15, 0.2) is 29.6 Å². The fourth-order valence-corrected chi connectivity index (χ4v) is 5.67. The standard InChI is InChI=1S/C18H24N2O2S2/c1-3-15-6-8-16(9-7-15)13-24(21,22)20-10-4-5-17(11-20)18-19-14(2)12-23-18/h6-9,12,17H,3-5,10-11,13H2,1-2H3. The van der Waals surface area contributed by atoms with Crippen molar-refractivity contribution < 1.29 is 8.42 Å². The molecule has 6 heteroatoms. The van der Waals surface area contributed by atoms with Crippen molar-refractivity contribution in [3.05, 3.63) is 51.5 Å². The Balaban J connectivity index is 1.71. The minimum absolute atomic E-state index is 0.0839. The fourth-order valence-electron chi connectivity index (χ4n) is 3.13. The molecule has 0 radical (unpaired) electrons. The molecule has 2 aromatic rings. The Morgan fingerprint density at radius 2 is 1.96 bits per heavy atom. The van der Waals surface area contributed by atoms with E-state index in [1.54, 1.807) is 15.6 Å². The van der Waals surface area contributed by atoms with Crippen molar-refractivity contribution in [3.63, 3.8) is 0 Å². The number of aromatic nitrogens is 1. The molecule has 1 saturated heterocycles. The van der Waals surface area contributed by atoms with E-state index in [9.17, 15) is 8.42 Å². The van der Waals surface area contributed by atoms with Gasteiger partial charge in [0.15, 0.2) is 0 Å². The fraction of sp³-hybridized carbons (Fsp3) is 0.500. The number of rotatable bonds is 5. The first-order valence-corrected chi connectivity index (χ1v) is 10.9. The molecule has 1 unspecified atom stereocenters. The van der Waals surface area contributed by atoms with Gasteiger partial charge in [-0.25, -0.2) is 17.7 Å². The summed E-state index contributed by atoms with van der Waals surface area (Å²) in [6.07, 6.45) is 2.88. The van der Waals surface area contributed by atoms with Crippen LogP contribution in [0.5, 0.6) is 0 Å². The molecule has 0 aliphatic carbocycles. The molecule has 1 atom stereocenters. The molecule has 0 bridgehead atoms. The molecule has 1 aliphatic heterocycles. The van der Waals surface area contributed by atoms with Crippen molar-refractivity contribution in [3.8, 4) is 0 Å². The number of sulfonamides is 1. The highest BCUT2D eigenvalue weighted by atomic mass is 32.2. The summed E-state index contributed by atoms with van der Waals surface area (Å²) in [5.74, 6) is 0.315. The molecule has 1 aromatic carbocycles. The summed E-state index contributed by atoms with van der Waals surface area (Å²) in [6, 6.07) is 7.90. The van der Waals surface area contributed by atoms with Crippen molar-refractivity contribution in [1.82, 2.24) is 9.29 Å². The Bertz CT molecular complexity index is 782. The number of nitrogens with zero attached hydrogens (tertiary/aromatic N) is 2. The maximum Gasteiger partial charge on any atom is 0.218 e. The molecule has 1 aromatic heterocycles. The summed E-state index contributed by atoms with van der Waals surface area (Å²) in [5, 5.41) is 3.11. The van der Waals surface area contributed by atoms with Crippen LogP contribution in [0.3, 0.4) is 0 Å². The molecule has 0 N–H and O–H groups in total. The van der Waals surface area contributed by atoms with E-state index < -0.39 is 10.0 Å². The van der Waals surface area contributed by atoms with Gasteiger partial charge in [0.1, 0.15) is 0 Å². The van der Waals surface area contributed by atoms with Gasteiger partial charge in [0.05, 0.1) is 10.8 Å². The first-order valence-electron chi connectivity index (χ1n) is 8.45. The quantitative estimate of drug-likeness (QED) is 0.812. The van der Waals surface area contributed by atoms with E-state index in [-0.39, 0.29) is 11.7 Å². The normalized spacial score (nSPS) is 19.5. The average Bonchev–Trinajstić information content (AvgIpc) is 3.02. The topological polar surface area (TPSA) is 50.3 Å². The highest BCUT2D eigenvalue weighted by molar-refractivity contribution is 7.88. The van der Waals surface area contributed by atoms with Gasteiger partial charge >= 0.3 is 0 Å². The van der Waals surface area contributed by atoms with Crippen LogP contribution in [0.2, 0.25) is 0 Å². The summed E-state index contributed by atoms with van der Waals surface area (Å²) in [6.45, 7) is 5.26. The summed E-state index contributed by atoms with van der Waals surface area (Å²) in [7, 11) is -3.28. The van der Waals surface area contributed by atoms with Crippen LogP contribution < -0.4 is 0 Å².